The molecule has 0 spiro atoms. The van der Waals surface area contributed by atoms with Crippen LogP contribution in [0.25, 0.3) is 0 Å². The Hall–Kier alpha value is -0.770. The summed E-state index contributed by atoms with van der Waals surface area (Å²) in [6.45, 7) is 1.74. The highest BCUT2D eigenvalue weighted by atomic mass is 35.5. The molecule has 19 heavy (non-hydrogen) atoms. The van der Waals surface area contributed by atoms with Gasteiger partial charge >= 0.3 is 0 Å². The Morgan fingerprint density at radius 2 is 2.11 bits per heavy atom. The lowest BCUT2D eigenvalue weighted by Gasteiger charge is -2.47. The molecule has 0 bridgehead atoms. The molecule has 1 aliphatic rings. The molecule has 0 heterocycles. The predicted octanol–water partition coefficient (Wildman–Crippen LogP) is 2.92. The van der Waals surface area contributed by atoms with Crippen LogP contribution in [0.4, 0.5) is 0 Å². The van der Waals surface area contributed by atoms with E-state index in [1.165, 1.54) is 19.3 Å². The van der Waals surface area contributed by atoms with Gasteiger partial charge in [0, 0.05) is 29.2 Å². The molecule has 0 aliphatic heterocycles. The van der Waals surface area contributed by atoms with Gasteiger partial charge in [0.1, 0.15) is 5.75 Å². The third-order valence-corrected chi connectivity index (χ3v) is 4.64. The number of methoxy groups -OCH3 is 1. The van der Waals surface area contributed by atoms with Crippen molar-refractivity contribution in [2.45, 2.75) is 31.3 Å². The van der Waals surface area contributed by atoms with E-state index in [1.807, 2.05) is 18.2 Å². The molecule has 106 valence electrons. The third-order valence-electron chi connectivity index (χ3n) is 4.28. The van der Waals surface area contributed by atoms with Crippen molar-refractivity contribution in [2.75, 3.05) is 27.7 Å². The van der Waals surface area contributed by atoms with Crippen LogP contribution in [0.3, 0.4) is 0 Å². The number of hydrogen-bond acceptors (Lipinski definition) is 3. The van der Waals surface area contributed by atoms with Crippen LogP contribution >= 0.6 is 11.6 Å². The van der Waals surface area contributed by atoms with Crippen LogP contribution < -0.4 is 10.1 Å². The van der Waals surface area contributed by atoms with Crippen molar-refractivity contribution in [3.8, 4) is 5.75 Å². The van der Waals surface area contributed by atoms with Crippen molar-refractivity contribution in [1.29, 1.82) is 0 Å². The number of halogens is 1. The summed E-state index contributed by atoms with van der Waals surface area (Å²) in [7, 11) is 6.01. The average molecular weight is 283 g/mol. The molecular formula is C15H23ClN2O. The molecular weight excluding hydrogens is 260 g/mol. The maximum Gasteiger partial charge on any atom is 0.124 e. The van der Waals surface area contributed by atoms with E-state index in [0.29, 0.717) is 5.54 Å². The zero-order valence-electron chi connectivity index (χ0n) is 12.0. The van der Waals surface area contributed by atoms with Gasteiger partial charge in [-0.1, -0.05) is 17.7 Å². The maximum absolute atomic E-state index is 6.24. The minimum absolute atomic E-state index is 0.328. The topological polar surface area (TPSA) is 24.5 Å². The average Bonchev–Trinajstić information content (AvgIpc) is 2.33. The highest BCUT2D eigenvalue weighted by molar-refractivity contribution is 6.31. The number of benzene rings is 1. The molecule has 1 fully saturated rings. The normalized spacial score (nSPS) is 17.3. The number of hydrogen-bond donors (Lipinski definition) is 1. The standard InChI is InChI=1S/C15H23ClN2O/c1-18(2)15(8-5-9-15)11-17-10-12-13(16)6-4-7-14(12)19-3/h4,6-7,17H,5,8-11H2,1-3H3. The van der Waals surface area contributed by atoms with E-state index >= 15 is 0 Å². The zero-order valence-corrected chi connectivity index (χ0v) is 12.8. The Bertz CT molecular complexity index is 430. The van der Waals surface area contributed by atoms with Crippen LogP contribution in [0, 0.1) is 0 Å². The molecule has 3 nitrogen and oxygen atoms in total. The van der Waals surface area contributed by atoms with Gasteiger partial charge in [0.15, 0.2) is 0 Å². The van der Waals surface area contributed by atoms with Crippen LogP contribution in [0.2, 0.25) is 5.02 Å². The number of likely N-dealkylation sites (N-methyl/N-ethyl adjacent to an activating group) is 1. The Morgan fingerprint density at radius 3 is 2.63 bits per heavy atom. The molecule has 0 amide bonds. The van der Waals surface area contributed by atoms with E-state index in [9.17, 15) is 0 Å². The molecule has 0 saturated heterocycles. The maximum atomic E-state index is 6.24. The summed E-state index contributed by atoms with van der Waals surface area (Å²) in [6.07, 6.45) is 3.87. The summed E-state index contributed by atoms with van der Waals surface area (Å²) < 4.78 is 5.36. The van der Waals surface area contributed by atoms with Crippen molar-refractivity contribution in [2.24, 2.45) is 0 Å². The minimum atomic E-state index is 0.328. The molecule has 1 aromatic rings. The molecule has 2 rings (SSSR count). The number of ether oxygens (including phenoxy) is 1. The van der Waals surface area contributed by atoms with Crippen LogP contribution in [-0.4, -0.2) is 38.2 Å². The quantitative estimate of drug-likeness (QED) is 0.868. The van der Waals surface area contributed by atoms with Gasteiger partial charge in [-0.3, -0.25) is 0 Å². The predicted molar refractivity (Wildman–Crippen MR) is 80.0 cm³/mol. The smallest absolute Gasteiger partial charge is 0.124 e. The van der Waals surface area contributed by atoms with Crippen molar-refractivity contribution in [3.05, 3.63) is 28.8 Å². The van der Waals surface area contributed by atoms with Gasteiger partial charge in [-0.25, -0.2) is 0 Å². The van der Waals surface area contributed by atoms with Crippen molar-refractivity contribution in [3.63, 3.8) is 0 Å². The van der Waals surface area contributed by atoms with Gasteiger partial charge in [-0.15, -0.1) is 0 Å². The van der Waals surface area contributed by atoms with Gasteiger partial charge < -0.3 is 15.0 Å². The van der Waals surface area contributed by atoms with E-state index in [-0.39, 0.29) is 0 Å². The molecule has 1 N–H and O–H groups in total. The van der Waals surface area contributed by atoms with Crippen LogP contribution in [0.1, 0.15) is 24.8 Å². The second-order valence-electron chi connectivity index (χ2n) is 5.50. The summed E-state index contributed by atoms with van der Waals surface area (Å²) in [5, 5.41) is 4.30. The highest BCUT2D eigenvalue weighted by Gasteiger charge is 2.38. The SMILES string of the molecule is COc1cccc(Cl)c1CNCC1(N(C)C)CCC1. The van der Waals surface area contributed by atoms with E-state index in [2.05, 4.69) is 24.3 Å². The summed E-state index contributed by atoms with van der Waals surface area (Å²) in [5.41, 5.74) is 1.37. The molecule has 0 unspecified atom stereocenters. The van der Waals surface area contributed by atoms with Gasteiger partial charge in [0.25, 0.3) is 0 Å². The monoisotopic (exact) mass is 282 g/mol. The van der Waals surface area contributed by atoms with Crippen LogP contribution in [0.5, 0.6) is 5.75 Å². The Labute approximate surface area is 120 Å². The Morgan fingerprint density at radius 1 is 1.37 bits per heavy atom. The molecule has 1 aromatic carbocycles. The number of rotatable bonds is 6. The molecule has 4 heteroatoms. The van der Waals surface area contributed by atoms with Gasteiger partial charge in [-0.05, 0) is 45.5 Å². The van der Waals surface area contributed by atoms with E-state index in [1.54, 1.807) is 7.11 Å². The Balaban J connectivity index is 1.96. The first-order chi connectivity index (χ1) is 9.09. The van der Waals surface area contributed by atoms with Crippen LogP contribution in [-0.2, 0) is 6.54 Å². The lowest BCUT2D eigenvalue weighted by molar-refractivity contribution is 0.0598. The van der Waals surface area contributed by atoms with E-state index in [0.717, 1.165) is 29.4 Å². The molecule has 1 saturated carbocycles. The second kappa shape index (κ2) is 6.12. The zero-order chi connectivity index (χ0) is 13.9. The lowest BCUT2D eigenvalue weighted by Crippen LogP contribution is -2.56. The van der Waals surface area contributed by atoms with E-state index in [4.69, 9.17) is 16.3 Å². The molecule has 0 aromatic heterocycles. The Kier molecular flexibility index (Phi) is 4.71. The van der Waals surface area contributed by atoms with Crippen molar-refractivity contribution in [1.82, 2.24) is 10.2 Å². The molecule has 1 aliphatic carbocycles. The number of nitrogens with zero attached hydrogens (tertiary/aromatic N) is 1. The van der Waals surface area contributed by atoms with E-state index < -0.39 is 0 Å². The lowest BCUT2D eigenvalue weighted by atomic mass is 9.75. The van der Waals surface area contributed by atoms with Gasteiger partial charge in [0.2, 0.25) is 0 Å². The second-order valence-corrected chi connectivity index (χ2v) is 5.90. The molecule has 0 radical (unpaired) electrons. The first-order valence-electron chi connectivity index (χ1n) is 6.78. The summed E-state index contributed by atoms with van der Waals surface area (Å²) >= 11 is 6.24. The summed E-state index contributed by atoms with van der Waals surface area (Å²) in [4.78, 5) is 2.34. The minimum Gasteiger partial charge on any atom is -0.496 e. The fourth-order valence-electron chi connectivity index (χ4n) is 2.69. The highest BCUT2D eigenvalue weighted by Crippen LogP contribution is 2.35. The first kappa shape index (κ1) is 14.6. The van der Waals surface area contributed by atoms with Gasteiger partial charge in [-0.2, -0.15) is 0 Å². The van der Waals surface area contributed by atoms with Gasteiger partial charge in [0.05, 0.1) is 7.11 Å². The van der Waals surface area contributed by atoms with Crippen molar-refractivity contribution >= 4 is 11.6 Å². The fraction of sp³-hybridized carbons (Fsp3) is 0.600. The molecule has 0 atom stereocenters. The van der Waals surface area contributed by atoms with Crippen molar-refractivity contribution < 1.29 is 4.74 Å². The summed E-state index contributed by atoms with van der Waals surface area (Å²) in [6, 6.07) is 5.78. The third kappa shape index (κ3) is 3.04. The van der Waals surface area contributed by atoms with Crippen LogP contribution in [0.15, 0.2) is 18.2 Å². The summed E-state index contributed by atoms with van der Waals surface area (Å²) in [5.74, 6) is 0.854. The fourth-order valence-corrected chi connectivity index (χ4v) is 2.92. The number of nitrogens with one attached hydrogen (secondary N) is 1. The first-order valence-corrected chi connectivity index (χ1v) is 7.16. The largest absolute Gasteiger partial charge is 0.496 e.